The van der Waals surface area contributed by atoms with Crippen molar-refractivity contribution in [3.8, 4) is 0 Å². The van der Waals surface area contributed by atoms with Gasteiger partial charge in [0.1, 0.15) is 0 Å². The van der Waals surface area contributed by atoms with Crippen LogP contribution in [0.3, 0.4) is 0 Å². The van der Waals surface area contributed by atoms with Crippen molar-refractivity contribution in [1.29, 1.82) is 0 Å². The van der Waals surface area contributed by atoms with Crippen molar-refractivity contribution in [2.45, 2.75) is 31.4 Å². The summed E-state index contributed by atoms with van der Waals surface area (Å²) in [6.07, 6.45) is 2.81. The lowest BCUT2D eigenvalue weighted by molar-refractivity contribution is 0.549. The van der Waals surface area contributed by atoms with Gasteiger partial charge in [0.25, 0.3) is 0 Å². The normalized spacial score (nSPS) is 34.1. The van der Waals surface area contributed by atoms with Crippen LogP contribution in [-0.2, 0) is 9.84 Å². The summed E-state index contributed by atoms with van der Waals surface area (Å²) in [6, 6.07) is 0. The lowest BCUT2D eigenvalue weighted by atomic mass is 10.2. The SMILES string of the molecule is CC1CCCCS1(=O)=O. The molecule has 0 aromatic carbocycles. The van der Waals surface area contributed by atoms with Gasteiger partial charge in [-0.1, -0.05) is 6.42 Å². The zero-order valence-electron chi connectivity index (χ0n) is 5.63. The van der Waals surface area contributed by atoms with Crippen LogP contribution in [-0.4, -0.2) is 19.4 Å². The van der Waals surface area contributed by atoms with Crippen molar-refractivity contribution in [2.24, 2.45) is 0 Å². The first kappa shape index (κ1) is 7.06. The molecule has 3 heteroatoms. The first-order valence-corrected chi connectivity index (χ1v) is 5.06. The van der Waals surface area contributed by atoms with Gasteiger partial charge in [-0.25, -0.2) is 8.42 Å². The summed E-state index contributed by atoms with van der Waals surface area (Å²) < 4.78 is 22.0. The predicted octanol–water partition coefficient (Wildman–Crippen LogP) is 0.974. The Morgan fingerprint density at radius 1 is 1.33 bits per heavy atom. The number of hydrogen-bond donors (Lipinski definition) is 0. The Morgan fingerprint density at radius 2 is 2.00 bits per heavy atom. The van der Waals surface area contributed by atoms with E-state index >= 15 is 0 Å². The molecule has 1 unspecified atom stereocenters. The maximum absolute atomic E-state index is 11.0. The fraction of sp³-hybridized carbons (Fsp3) is 1.00. The summed E-state index contributed by atoms with van der Waals surface area (Å²) in [5, 5.41) is -0.0775. The first-order valence-electron chi connectivity index (χ1n) is 3.34. The van der Waals surface area contributed by atoms with Crippen LogP contribution in [0.2, 0.25) is 0 Å². The first-order chi connectivity index (χ1) is 4.13. The third-order valence-corrected chi connectivity index (χ3v) is 4.22. The Morgan fingerprint density at radius 3 is 2.33 bits per heavy atom. The van der Waals surface area contributed by atoms with Gasteiger partial charge < -0.3 is 0 Å². The zero-order valence-corrected chi connectivity index (χ0v) is 6.45. The summed E-state index contributed by atoms with van der Waals surface area (Å²) in [5.41, 5.74) is 0. The third kappa shape index (κ3) is 1.45. The minimum absolute atomic E-state index is 0.0775. The van der Waals surface area contributed by atoms with Crippen molar-refractivity contribution < 1.29 is 8.42 Å². The summed E-state index contributed by atoms with van der Waals surface area (Å²) in [7, 11) is -2.66. The van der Waals surface area contributed by atoms with Crippen molar-refractivity contribution in [1.82, 2.24) is 0 Å². The van der Waals surface area contributed by atoms with Crippen LogP contribution in [0.25, 0.3) is 0 Å². The minimum Gasteiger partial charge on any atom is -0.229 e. The molecule has 0 aliphatic carbocycles. The predicted molar refractivity (Wildman–Crippen MR) is 37.1 cm³/mol. The molecule has 2 nitrogen and oxygen atoms in total. The fourth-order valence-corrected chi connectivity index (χ4v) is 2.65. The van der Waals surface area contributed by atoms with Gasteiger partial charge in [0, 0.05) is 0 Å². The van der Waals surface area contributed by atoms with Crippen LogP contribution < -0.4 is 0 Å². The lowest BCUT2D eigenvalue weighted by Crippen LogP contribution is -2.25. The summed E-state index contributed by atoms with van der Waals surface area (Å²) >= 11 is 0. The van der Waals surface area contributed by atoms with Crippen molar-refractivity contribution >= 4 is 9.84 Å². The van der Waals surface area contributed by atoms with E-state index < -0.39 is 9.84 Å². The van der Waals surface area contributed by atoms with E-state index in [1.807, 2.05) is 0 Å². The monoisotopic (exact) mass is 148 g/mol. The van der Waals surface area contributed by atoms with E-state index in [-0.39, 0.29) is 5.25 Å². The molecule has 0 amide bonds. The summed E-state index contributed by atoms with van der Waals surface area (Å²) in [6.45, 7) is 1.80. The van der Waals surface area contributed by atoms with E-state index in [9.17, 15) is 8.42 Å². The molecule has 1 atom stereocenters. The van der Waals surface area contributed by atoms with Gasteiger partial charge in [-0.05, 0) is 19.8 Å². The van der Waals surface area contributed by atoms with Gasteiger partial charge in [-0.3, -0.25) is 0 Å². The smallest absolute Gasteiger partial charge is 0.152 e. The van der Waals surface area contributed by atoms with E-state index in [1.165, 1.54) is 0 Å². The van der Waals surface area contributed by atoms with Crippen LogP contribution in [0, 0.1) is 0 Å². The second-order valence-electron chi connectivity index (χ2n) is 2.67. The van der Waals surface area contributed by atoms with E-state index in [0.717, 1.165) is 19.3 Å². The van der Waals surface area contributed by atoms with Crippen molar-refractivity contribution in [3.63, 3.8) is 0 Å². The molecule has 0 bridgehead atoms. The number of hydrogen-bond acceptors (Lipinski definition) is 2. The van der Waals surface area contributed by atoms with Gasteiger partial charge in [0.2, 0.25) is 0 Å². The Bertz CT molecular complexity index is 181. The Hall–Kier alpha value is -0.0500. The van der Waals surface area contributed by atoms with E-state index in [2.05, 4.69) is 0 Å². The highest BCUT2D eigenvalue weighted by molar-refractivity contribution is 7.92. The van der Waals surface area contributed by atoms with E-state index in [0.29, 0.717) is 5.75 Å². The largest absolute Gasteiger partial charge is 0.229 e. The van der Waals surface area contributed by atoms with E-state index in [1.54, 1.807) is 6.92 Å². The molecule has 0 aromatic heterocycles. The van der Waals surface area contributed by atoms with Gasteiger partial charge >= 0.3 is 0 Å². The Balaban J connectivity index is 2.72. The topological polar surface area (TPSA) is 34.1 Å². The average Bonchev–Trinajstić information content (AvgIpc) is 1.77. The van der Waals surface area contributed by atoms with Crippen LogP contribution in [0.1, 0.15) is 26.2 Å². The van der Waals surface area contributed by atoms with Gasteiger partial charge in [-0.15, -0.1) is 0 Å². The highest BCUT2D eigenvalue weighted by atomic mass is 32.2. The highest BCUT2D eigenvalue weighted by Crippen LogP contribution is 2.17. The van der Waals surface area contributed by atoms with Gasteiger partial charge in [0.05, 0.1) is 11.0 Å². The third-order valence-electron chi connectivity index (χ3n) is 1.90. The van der Waals surface area contributed by atoms with E-state index in [4.69, 9.17) is 0 Å². The highest BCUT2D eigenvalue weighted by Gasteiger charge is 2.23. The summed E-state index contributed by atoms with van der Waals surface area (Å²) in [4.78, 5) is 0. The Kier molecular flexibility index (Phi) is 1.80. The molecule has 1 fully saturated rings. The second-order valence-corrected chi connectivity index (χ2v) is 5.21. The maximum Gasteiger partial charge on any atom is 0.152 e. The van der Waals surface area contributed by atoms with Crippen LogP contribution in [0.15, 0.2) is 0 Å². The van der Waals surface area contributed by atoms with Crippen LogP contribution in [0.5, 0.6) is 0 Å². The zero-order chi connectivity index (χ0) is 6.91. The molecule has 0 spiro atoms. The van der Waals surface area contributed by atoms with Gasteiger partial charge in [-0.2, -0.15) is 0 Å². The molecule has 0 radical (unpaired) electrons. The lowest BCUT2D eigenvalue weighted by Gasteiger charge is -2.17. The molecule has 0 aromatic rings. The van der Waals surface area contributed by atoms with Crippen LogP contribution in [0.4, 0.5) is 0 Å². The standard InChI is InChI=1S/C6H12O2S/c1-6-4-2-3-5-9(6,7)8/h6H,2-5H2,1H3. The van der Waals surface area contributed by atoms with Gasteiger partial charge in [0.15, 0.2) is 9.84 Å². The van der Waals surface area contributed by atoms with Crippen LogP contribution >= 0.6 is 0 Å². The molecular weight excluding hydrogens is 136 g/mol. The molecule has 1 heterocycles. The molecule has 54 valence electrons. The quantitative estimate of drug-likeness (QED) is 0.513. The molecule has 9 heavy (non-hydrogen) atoms. The minimum atomic E-state index is -2.66. The molecule has 1 aliphatic rings. The number of sulfone groups is 1. The molecule has 1 saturated heterocycles. The second kappa shape index (κ2) is 2.29. The molecule has 0 saturated carbocycles. The molecular formula is C6H12O2S. The fourth-order valence-electron chi connectivity index (χ4n) is 1.12. The maximum atomic E-state index is 11.0. The molecule has 0 N–H and O–H groups in total. The van der Waals surface area contributed by atoms with Crippen molar-refractivity contribution in [3.05, 3.63) is 0 Å². The van der Waals surface area contributed by atoms with Crippen molar-refractivity contribution in [2.75, 3.05) is 5.75 Å². The number of rotatable bonds is 0. The average molecular weight is 148 g/mol. The molecule has 1 rings (SSSR count). The Labute approximate surface area is 56.2 Å². The summed E-state index contributed by atoms with van der Waals surface area (Å²) in [5.74, 6) is 0.411. The molecule has 1 aliphatic heterocycles.